The third-order valence-corrected chi connectivity index (χ3v) is 5.24. The molecule has 1 aromatic carbocycles. The van der Waals surface area contributed by atoms with Crippen LogP contribution in [-0.2, 0) is 0 Å². The van der Waals surface area contributed by atoms with E-state index < -0.39 is 0 Å². The van der Waals surface area contributed by atoms with Crippen LogP contribution in [0.3, 0.4) is 0 Å². The molecule has 0 atom stereocenters. The second-order valence-electron chi connectivity index (χ2n) is 6.48. The minimum Gasteiger partial charge on any atom is -0.395 e. The van der Waals surface area contributed by atoms with Crippen molar-refractivity contribution >= 4 is 28.5 Å². The molecule has 0 amide bonds. The number of aliphatic hydroxyl groups is 1. The van der Waals surface area contributed by atoms with Gasteiger partial charge in [-0.15, -0.1) is 0 Å². The average molecular weight is 373 g/mol. The number of hydrogen-bond acceptors (Lipinski definition) is 6. The lowest BCUT2D eigenvalue weighted by Gasteiger charge is -2.35. The fourth-order valence-corrected chi connectivity index (χ4v) is 3.49. The topological polar surface area (TPSA) is 70.3 Å². The molecule has 136 valence electrons. The lowest BCUT2D eigenvalue weighted by molar-refractivity contribution is 0.188. The van der Waals surface area contributed by atoms with Gasteiger partial charge in [0.05, 0.1) is 23.9 Å². The Morgan fingerprint density at radius 3 is 2.69 bits per heavy atom. The van der Waals surface area contributed by atoms with Gasteiger partial charge in [-0.3, -0.25) is 4.90 Å². The summed E-state index contributed by atoms with van der Waals surface area (Å²) in [6, 6.07) is 5.87. The number of anilines is 1. The number of piperazine rings is 1. The van der Waals surface area contributed by atoms with E-state index in [1.54, 1.807) is 11.0 Å². The van der Waals surface area contributed by atoms with E-state index >= 15 is 0 Å². The lowest BCUT2D eigenvalue weighted by atomic mass is 10.2. The Hall–Kier alpha value is -2.22. The van der Waals surface area contributed by atoms with Gasteiger partial charge in [-0.25, -0.2) is 14.6 Å². The molecule has 0 bridgehead atoms. The van der Waals surface area contributed by atoms with Crippen LogP contribution >= 0.6 is 11.6 Å². The molecule has 0 saturated carbocycles. The molecule has 1 N–H and O–H groups in total. The van der Waals surface area contributed by atoms with Crippen molar-refractivity contribution in [2.75, 3.05) is 44.2 Å². The smallest absolute Gasteiger partial charge is 0.168 e. The van der Waals surface area contributed by atoms with Gasteiger partial charge >= 0.3 is 0 Å². The molecule has 26 heavy (non-hydrogen) atoms. The Morgan fingerprint density at radius 2 is 1.96 bits per heavy atom. The zero-order valence-corrected chi connectivity index (χ0v) is 15.4. The fourth-order valence-electron chi connectivity index (χ4n) is 3.31. The van der Waals surface area contributed by atoms with E-state index in [1.165, 1.54) is 0 Å². The standard InChI is InChI=1S/C18H21ClN6O/c1-13-2-3-14(10-16(13)19)25-18-15(11-22-25)17(20-12-21-18)24-6-4-23(5-7-24)8-9-26/h2-3,10-12,26H,4-9H2,1H3. The molecule has 4 rings (SSSR count). The Labute approximate surface area is 156 Å². The highest BCUT2D eigenvalue weighted by Crippen LogP contribution is 2.27. The van der Waals surface area contributed by atoms with Crippen LogP contribution < -0.4 is 4.90 Å². The Balaban J connectivity index is 1.66. The number of nitrogens with zero attached hydrogens (tertiary/aromatic N) is 6. The summed E-state index contributed by atoms with van der Waals surface area (Å²) in [5.41, 5.74) is 2.68. The maximum atomic E-state index is 9.09. The van der Waals surface area contributed by atoms with Crippen LogP contribution in [0.2, 0.25) is 5.02 Å². The van der Waals surface area contributed by atoms with E-state index in [0.717, 1.165) is 60.8 Å². The highest BCUT2D eigenvalue weighted by Gasteiger charge is 2.21. The van der Waals surface area contributed by atoms with E-state index in [0.29, 0.717) is 5.02 Å². The molecule has 3 heterocycles. The molecule has 2 aromatic heterocycles. The largest absolute Gasteiger partial charge is 0.395 e. The number of fused-ring (bicyclic) bond motifs is 1. The van der Waals surface area contributed by atoms with Gasteiger partial charge in [0.15, 0.2) is 5.65 Å². The first-order chi connectivity index (χ1) is 12.7. The third kappa shape index (κ3) is 3.13. The maximum absolute atomic E-state index is 9.09. The van der Waals surface area contributed by atoms with Crippen LogP contribution in [0.1, 0.15) is 5.56 Å². The minimum atomic E-state index is 0.198. The Morgan fingerprint density at radius 1 is 1.15 bits per heavy atom. The van der Waals surface area contributed by atoms with E-state index in [4.69, 9.17) is 16.7 Å². The number of rotatable bonds is 4. The minimum absolute atomic E-state index is 0.198. The van der Waals surface area contributed by atoms with Crippen LogP contribution in [0.4, 0.5) is 5.82 Å². The van der Waals surface area contributed by atoms with Gasteiger partial charge < -0.3 is 10.0 Å². The summed E-state index contributed by atoms with van der Waals surface area (Å²) in [5, 5.41) is 15.3. The summed E-state index contributed by atoms with van der Waals surface area (Å²) < 4.78 is 1.80. The molecule has 1 aliphatic heterocycles. The number of aromatic nitrogens is 4. The van der Waals surface area contributed by atoms with Gasteiger partial charge in [-0.1, -0.05) is 17.7 Å². The first-order valence-corrected chi connectivity index (χ1v) is 9.08. The van der Waals surface area contributed by atoms with Crippen LogP contribution in [-0.4, -0.2) is 69.1 Å². The second-order valence-corrected chi connectivity index (χ2v) is 6.88. The molecule has 0 radical (unpaired) electrons. The molecule has 1 aliphatic rings. The van der Waals surface area contributed by atoms with Gasteiger partial charge in [0.2, 0.25) is 0 Å². The van der Waals surface area contributed by atoms with Crippen molar-refractivity contribution in [1.82, 2.24) is 24.6 Å². The van der Waals surface area contributed by atoms with Crippen LogP contribution in [0, 0.1) is 6.92 Å². The predicted octanol–water partition coefficient (Wildman–Crippen LogP) is 1.89. The summed E-state index contributed by atoms with van der Waals surface area (Å²) in [7, 11) is 0. The molecular formula is C18H21ClN6O. The second kappa shape index (κ2) is 7.19. The molecule has 8 heteroatoms. The summed E-state index contributed by atoms with van der Waals surface area (Å²) in [4.78, 5) is 13.5. The van der Waals surface area contributed by atoms with Gasteiger partial charge in [0, 0.05) is 37.7 Å². The fraction of sp³-hybridized carbons (Fsp3) is 0.389. The summed E-state index contributed by atoms with van der Waals surface area (Å²) >= 11 is 6.27. The molecule has 3 aromatic rings. The molecule has 7 nitrogen and oxygen atoms in total. The summed E-state index contributed by atoms with van der Waals surface area (Å²) in [5.74, 6) is 0.906. The molecule has 0 aliphatic carbocycles. The van der Waals surface area contributed by atoms with Crippen molar-refractivity contribution in [3.8, 4) is 5.69 Å². The SMILES string of the molecule is Cc1ccc(-n2ncc3c(N4CCN(CCO)CC4)ncnc32)cc1Cl. The van der Waals surface area contributed by atoms with Crippen molar-refractivity contribution in [3.05, 3.63) is 41.3 Å². The first-order valence-electron chi connectivity index (χ1n) is 8.71. The molecule has 0 unspecified atom stereocenters. The first kappa shape index (κ1) is 17.2. The number of halogens is 1. The number of β-amino-alcohol motifs (C(OH)–C–C–N with tert-alkyl or cyclic N) is 1. The van der Waals surface area contributed by atoms with E-state index in [1.807, 2.05) is 31.3 Å². The van der Waals surface area contributed by atoms with Crippen LogP contribution in [0.15, 0.2) is 30.7 Å². The third-order valence-electron chi connectivity index (χ3n) is 4.83. The molecule has 0 spiro atoms. The zero-order chi connectivity index (χ0) is 18.1. The summed E-state index contributed by atoms with van der Waals surface area (Å²) in [6.45, 7) is 6.45. The van der Waals surface area contributed by atoms with Crippen molar-refractivity contribution in [3.63, 3.8) is 0 Å². The number of aliphatic hydroxyl groups excluding tert-OH is 1. The van der Waals surface area contributed by atoms with E-state index in [-0.39, 0.29) is 6.61 Å². The molecule has 1 fully saturated rings. The predicted molar refractivity (Wildman–Crippen MR) is 102 cm³/mol. The van der Waals surface area contributed by atoms with E-state index in [2.05, 4.69) is 24.9 Å². The Kier molecular flexibility index (Phi) is 4.76. The van der Waals surface area contributed by atoms with Gasteiger partial charge in [0.1, 0.15) is 12.1 Å². The molecule has 1 saturated heterocycles. The van der Waals surface area contributed by atoms with Crippen molar-refractivity contribution in [1.29, 1.82) is 0 Å². The average Bonchev–Trinajstić information content (AvgIpc) is 3.09. The van der Waals surface area contributed by atoms with Gasteiger partial charge in [0.25, 0.3) is 0 Å². The van der Waals surface area contributed by atoms with Gasteiger partial charge in [-0.2, -0.15) is 5.10 Å². The van der Waals surface area contributed by atoms with Crippen molar-refractivity contribution in [2.45, 2.75) is 6.92 Å². The number of aryl methyl sites for hydroxylation is 1. The van der Waals surface area contributed by atoms with E-state index in [9.17, 15) is 0 Å². The van der Waals surface area contributed by atoms with Crippen molar-refractivity contribution in [2.24, 2.45) is 0 Å². The zero-order valence-electron chi connectivity index (χ0n) is 14.6. The number of benzene rings is 1. The number of hydrogen-bond donors (Lipinski definition) is 1. The monoisotopic (exact) mass is 372 g/mol. The molecular weight excluding hydrogens is 352 g/mol. The quantitative estimate of drug-likeness (QED) is 0.754. The highest BCUT2D eigenvalue weighted by molar-refractivity contribution is 6.31. The lowest BCUT2D eigenvalue weighted by Crippen LogP contribution is -2.47. The highest BCUT2D eigenvalue weighted by atomic mass is 35.5. The van der Waals surface area contributed by atoms with Crippen LogP contribution in [0.5, 0.6) is 0 Å². The van der Waals surface area contributed by atoms with Gasteiger partial charge in [-0.05, 0) is 24.6 Å². The van der Waals surface area contributed by atoms with Crippen LogP contribution in [0.25, 0.3) is 16.7 Å². The normalized spacial score (nSPS) is 15.7. The van der Waals surface area contributed by atoms with Crippen molar-refractivity contribution < 1.29 is 5.11 Å². The Bertz CT molecular complexity index is 919. The summed E-state index contributed by atoms with van der Waals surface area (Å²) in [6.07, 6.45) is 3.41. The maximum Gasteiger partial charge on any atom is 0.168 e.